The molecular weight excluding hydrogens is 282 g/mol. The zero-order valence-corrected chi connectivity index (χ0v) is 12.1. The minimum absolute atomic E-state index is 0.0722. The van der Waals surface area contributed by atoms with Crippen LogP contribution in [0.15, 0.2) is 10.8 Å². The quantitative estimate of drug-likeness (QED) is 0.556. The molecule has 0 aliphatic rings. The maximum Gasteiger partial charge on any atom is 0.159 e. The number of nitrogens with one attached hydrogen (secondary N) is 2. The lowest BCUT2D eigenvalue weighted by Crippen LogP contribution is -2.36. The summed E-state index contributed by atoms with van der Waals surface area (Å²) in [5, 5.41) is 3.49. The summed E-state index contributed by atoms with van der Waals surface area (Å²) in [7, 11) is 0. The molecule has 4 N–H and O–H groups in total. The van der Waals surface area contributed by atoms with E-state index in [1.807, 2.05) is 0 Å². The fraction of sp³-hybridized carbons (Fsp3) is 0.636. The molecule has 0 radical (unpaired) electrons. The molecule has 1 rings (SSSR count). The van der Waals surface area contributed by atoms with Crippen LogP contribution in [0.1, 0.15) is 40.0 Å². The average Bonchev–Trinajstić information content (AvgIpc) is 2.38. The van der Waals surface area contributed by atoms with E-state index in [0.29, 0.717) is 5.82 Å². The molecule has 0 aliphatic heterocycles. The van der Waals surface area contributed by atoms with E-state index in [9.17, 15) is 0 Å². The number of nitrogens with two attached hydrogens (primary N) is 1. The van der Waals surface area contributed by atoms with Crippen molar-refractivity contribution < 1.29 is 0 Å². The number of aromatic nitrogens is 2. The lowest BCUT2D eigenvalue weighted by Gasteiger charge is -2.32. The Morgan fingerprint density at radius 3 is 2.18 bits per heavy atom. The minimum Gasteiger partial charge on any atom is -0.364 e. The van der Waals surface area contributed by atoms with Gasteiger partial charge in [0.15, 0.2) is 5.82 Å². The second kappa shape index (κ2) is 6.16. The van der Waals surface area contributed by atoms with Gasteiger partial charge in [-0.25, -0.2) is 15.8 Å². The molecule has 0 spiro atoms. The van der Waals surface area contributed by atoms with Gasteiger partial charge in [0.05, 0.1) is 0 Å². The van der Waals surface area contributed by atoms with Crippen LogP contribution in [-0.4, -0.2) is 15.5 Å². The fourth-order valence-electron chi connectivity index (χ4n) is 1.82. The summed E-state index contributed by atoms with van der Waals surface area (Å²) in [6, 6.07) is 0. The third kappa shape index (κ3) is 3.07. The SMILES string of the molecule is CCC(CC)(CC)Nc1ncnc(NN)c1Br. The molecular formula is C11H20BrN5. The number of hydrazine groups is 1. The summed E-state index contributed by atoms with van der Waals surface area (Å²) in [6.07, 6.45) is 4.62. The normalized spacial score (nSPS) is 11.4. The Morgan fingerprint density at radius 2 is 1.71 bits per heavy atom. The Kier molecular flexibility index (Phi) is 5.14. The highest BCUT2D eigenvalue weighted by Crippen LogP contribution is 2.31. The number of rotatable bonds is 6. The Bertz CT molecular complexity index is 357. The van der Waals surface area contributed by atoms with Crippen LogP contribution in [0.2, 0.25) is 0 Å². The smallest absolute Gasteiger partial charge is 0.159 e. The second-order valence-corrected chi connectivity index (χ2v) is 4.79. The Balaban J connectivity index is 3.01. The van der Waals surface area contributed by atoms with E-state index in [1.54, 1.807) is 0 Å². The molecule has 17 heavy (non-hydrogen) atoms. The summed E-state index contributed by atoms with van der Waals surface area (Å²) in [5.74, 6) is 6.74. The van der Waals surface area contributed by atoms with Crippen molar-refractivity contribution >= 4 is 27.6 Å². The van der Waals surface area contributed by atoms with Crippen molar-refractivity contribution in [2.75, 3.05) is 10.7 Å². The molecule has 1 aromatic rings. The van der Waals surface area contributed by atoms with Crippen molar-refractivity contribution in [3.8, 4) is 0 Å². The van der Waals surface area contributed by atoms with Gasteiger partial charge in [0.25, 0.3) is 0 Å². The first-order chi connectivity index (χ1) is 8.12. The molecule has 0 bridgehead atoms. The first kappa shape index (κ1) is 14.2. The molecule has 1 heterocycles. The lowest BCUT2D eigenvalue weighted by molar-refractivity contribution is 0.418. The van der Waals surface area contributed by atoms with E-state index in [-0.39, 0.29) is 5.54 Å². The first-order valence-electron chi connectivity index (χ1n) is 5.87. The molecule has 0 atom stereocenters. The highest BCUT2D eigenvalue weighted by atomic mass is 79.9. The van der Waals surface area contributed by atoms with E-state index in [2.05, 4.69) is 57.4 Å². The zero-order chi connectivity index (χ0) is 12.9. The summed E-state index contributed by atoms with van der Waals surface area (Å²) in [5.41, 5.74) is 2.61. The summed E-state index contributed by atoms with van der Waals surface area (Å²) in [6.45, 7) is 6.53. The van der Waals surface area contributed by atoms with Crippen LogP contribution in [0.3, 0.4) is 0 Å². The number of nitrogens with zero attached hydrogens (tertiary/aromatic N) is 2. The van der Waals surface area contributed by atoms with Crippen LogP contribution in [0.5, 0.6) is 0 Å². The van der Waals surface area contributed by atoms with Crippen LogP contribution in [-0.2, 0) is 0 Å². The molecule has 0 unspecified atom stereocenters. The van der Waals surface area contributed by atoms with Crippen LogP contribution < -0.4 is 16.6 Å². The molecule has 6 heteroatoms. The second-order valence-electron chi connectivity index (χ2n) is 4.00. The van der Waals surface area contributed by atoms with Crippen LogP contribution in [0.4, 0.5) is 11.6 Å². The predicted octanol–water partition coefficient (Wildman–Crippen LogP) is 2.91. The van der Waals surface area contributed by atoms with Gasteiger partial charge in [-0.3, -0.25) is 0 Å². The fourth-order valence-corrected chi connectivity index (χ4v) is 2.24. The Hall–Kier alpha value is -0.880. The topological polar surface area (TPSA) is 75.9 Å². The van der Waals surface area contributed by atoms with E-state index in [4.69, 9.17) is 5.84 Å². The molecule has 0 aromatic carbocycles. The number of hydrogen-bond acceptors (Lipinski definition) is 5. The maximum atomic E-state index is 5.38. The first-order valence-corrected chi connectivity index (χ1v) is 6.67. The maximum absolute atomic E-state index is 5.38. The summed E-state index contributed by atoms with van der Waals surface area (Å²) < 4.78 is 0.766. The van der Waals surface area contributed by atoms with Crippen LogP contribution in [0, 0.1) is 0 Å². The molecule has 96 valence electrons. The van der Waals surface area contributed by atoms with Crippen LogP contribution >= 0.6 is 15.9 Å². The Morgan fingerprint density at radius 1 is 1.18 bits per heavy atom. The van der Waals surface area contributed by atoms with E-state index >= 15 is 0 Å². The van der Waals surface area contributed by atoms with Gasteiger partial charge in [-0.15, -0.1) is 0 Å². The van der Waals surface area contributed by atoms with Gasteiger partial charge < -0.3 is 10.7 Å². The van der Waals surface area contributed by atoms with Gasteiger partial charge in [0.1, 0.15) is 16.6 Å². The number of anilines is 2. The van der Waals surface area contributed by atoms with Gasteiger partial charge in [0, 0.05) is 5.54 Å². The Labute approximate surface area is 111 Å². The third-order valence-corrected chi connectivity index (χ3v) is 4.09. The average molecular weight is 302 g/mol. The van der Waals surface area contributed by atoms with Crippen molar-refractivity contribution in [1.82, 2.24) is 9.97 Å². The van der Waals surface area contributed by atoms with Crippen molar-refractivity contribution in [3.63, 3.8) is 0 Å². The minimum atomic E-state index is 0.0722. The molecule has 0 saturated carbocycles. The third-order valence-electron chi connectivity index (χ3n) is 3.34. The van der Waals surface area contributed by atoms with Crippen molar-refractivity contribution in [1.29, 1.82) is 0 Å². The van der Waals surface area contributed by atoms with E-state index in [0.717, 1.165) is 29.6 Å². The zero-order valence-electron chi connectivity index (χ0n) is 10.5. The molecule has 5 nitrogen and oxygen atoms in total. The van der Waals surface area contributed by atoms with E-state index < -0.39 is 0 Å². The van der Waals surface area contributed by atoms with Crippen molar-refractivity contribution in [3.05, 3.63) is 10.8 Å². The van der Waals surface area contributed by atoms with E-state index in [1.165, 1.54) is 6.33 Å². The van der Waals surface area contributed by atoms with Crippen molar-refractivity contribution in [2.24, 2.45) is 5.84 Å². The molecule has 1 aromatic heterocycles. The molecule has 0 saturated heterocycles. The lowest BCUT2D eigenvalue weighted by atomic mass is 9.90. The highest BCUT2D eigenvalue weighted by Gasteiger charge is 2.25. The highest BCUT2D eigenvalue weighted by molar-refractivity contribution is 9.10. The van der Waals surface area contributed by atoms with Gasteiger partial charge >= 0.3 is 0 Å². The van der Waals surface area contributed by atoms with Gasteiger partial charge in [-0.05, 0) is 35.2 Å². The summed E-state index contributed by atoms with van der Waals surface area (Å²) in [4.78, 5) is 8.28. The van der Waals surface area contributed by atoms with Gasteiger partial charge in [-0.2, -0.15) is 0 Å². The standard InChI is InChI=1S/C11H20BrN5/c1-4-11(5-2,6-3)16-9-8(12)10(17-13)15-7-14-9/h7H,4-6,13H2,1-3H3,(H2,14,15,16,17). The predicted molar refractivity (Wildman–Crippen MR) is 74.8 cm³/mol. The monoisotopic (exact) mass is 301 g/mol. The summed E-state index contributed by atoms with van der Waals surface area (Å²) >= 11 is 3.45. The molecule has 0 aliphatic carbocycles. The van der Waals surface area contributed by atoms with Gasteiger partial charge in [-0.1, -0.05) is 20.8 Å². The molecule has 0 fully saturated rings. The number of halogens is 1. The number of nitrogen functional groups attached to an aromatic ring is 1. The van der Waals surface area contributed by atoms with Crippen LogP contribution in [0.25, 0.3) is 0 Å². The largest absolute Gasteiger partial charge is 0.364 e. The van der Waals surface area contributed by atoms with Gasteiger partial charge in [0.2, 0.25) is 0 Å². The number of hydrogen-bond donors (Lipinski definition) is 3. The van der Waals surface area contributed by atoms with Crippen molar-refractivity contribution in [2.45, 2.75) is 45.6 Å². The molecule has 0 amide bonds.